The van der Waals surface area contributed by atoms with Crippen LogP contribution in [-0.4, -0.2) is 34.9 Å². The maximum absolute atomic E-state index is 10.8. The molecule has 0 amide bonds. The van der Waals surface area contributed by atoms with Crippen molar-refractivity contribution in [3.8, 4) is 11.5 Å². The summed E-state index contributed by atoms with van der Waals surface area (Å²) in [5.74, 6) is 1.27. The first-order valence-corrected chi connectivity index (χ1v) is 8.50. The fraction of sp³-hybridized carbons (Fsp3) is 0.500. The summed E-state index contributed by atoms with van der Waals surface area (Å²) in [5.41, 5.74) is 1.00. The van der Waals surface area contributed by atoms with E-state index in [4.69, 9.17) is 14.6 Å². The van der Waals surface area contributed by atoms with Gasteiger partial charge in [-0.25, -0.2) is 13.6 Å². The van der Waals surface area contributed by atoms with E-state index in [1.54, 1.807) is 14.2 Å². The van der Waals surface area contributed by atoms with E-state index in [1.807, 2.05) is 12.1 Å². The van der Waals surface area contributed by atoms with Gasteiger partial charge in [-0.3, -0.25) is 0 Å². The normalized spacial score (nSPS) is 11.4. The number of hydrogen-bond acceptors (Lipinski definition) is 5. The van der Waals surface area contributed by atoms with Crippen LogP contribution in [0.5, 0.6) is 11.5 Å². The number of benzene rings is 1. The Morgan fingerprint density at radius 3 is 2.55 bits per heavy atom. The maximum Gasteiger partial charge on any atom is 0.209 e. The van der Waals surface area contributed by atoms with Crippen molar-refractivity contribution < 1.29 is 17.9 Å². The van der Waals surface area contributed by atoms with Crippen LogP contribution in [0.4, 0.5) is 0 Å². The van der Waals surface area contributed by atoms with Gasteiger partial charge in [0.25, 0.3) is 0 Å². The van der Waals surface area contributed by atoms with Crippen LogP contribution in [-0.2, 0) is 16.6 Å². The third-order valence-electron chi connectivity index (χ3n) is 2.60. The van der Waals surface area contributed by atoms with E-state index in [0.717, 1.165) is 10.0 Å². The fourth-order valence-corrected chi connectivity index (χ4v) is 2.90. The molecule has 3 N–H and O–H groups in total. The number of rotatable bonds is 8. The lowest BCUT2D eigenvalue weighted by molar-refractivity contribution is 0.352. The molecule has 0 saturated heterocycles. The Kier molecular flexibility index (Phi) is 6.74. The number of halogens is 1. The topological polar surface area (TPSA) is 90.6 Å². The molecule has 0 bridgehead atoms. The van der Waals surface area contributed by atoms with E-state index in [2.05, 4.69) is 21.2 Å². The molecule has 0 spiro atoms. The summed E-state index contributed by atoms with van der Waals surface area (Å²) in [6.45, 7) is 1.17. The molecule has 0 saturated carbocycles. The summed E-state index contributed by atoms with van der Waals surface area (Å²) >= 11 is 3.42. The van der Waals surface area contributed by atoms with Crippen molar-refractivity contribution in [2.24, 2.45) is 5.14 Å². The summed E-state index contributed by atoms with van der Waals surface area (Å²) in [6.07, 6.45) is 0.479. The van der Waals surface area contributed by atoms with Gasteiger partial charge in [-0.2, -0.15) is 0 Å². The molecule has 0 radical (unpaired) electrons. The van der Waals surface area contributed by atoms with Crippen molar-refractivity contribution >= 4 is 26.0 Å². The molecular formula is C12H19BrN2O4S. The van der Waals surface area contributed by atoms with Crippen LogP contribution in [0.15, 0.2) is 16.6 Å². The molecule has 1 rings (SSSR count). The van der Waals surface area contributed by atoms with Gasteiger partial charge in [0.2, 0.25) is 10.0 Å². The van der Waals surface area contributed by atoms with E-state index in [0.29, 0.717) is 31.0 Å². The first-order chi connectivity index (χ1) is 9.37. The molecule has 0 fully saturated rings. The van der Waals surface area contributed by atoms with E-state index >= 15 is 0 Å². The first kappa shape index (κ1) is 17.2. The van der Waals surface area contributed by atoms with Gasteiger partial charge in [-0.05, 0) is 46.6 Å². The Morgan fingerprint density at radius 1 is 1.30 bits per heavy atom. The third kappa shape index (κ3) is 5.66. The Morgan fingerprint density at radius 2 is 2.00 bits per heavy atom. The molecule has 1 aromatic carbocycles. The number of methoxy groups -OCH3 is 2. The zero-order valence-electron chi connectivity index (χ0n) is 11.5. The number of ether oxygens (including phenoxy) is 2. The smallest absolute Gasteiger partial charge is 0.209 e. The van der Waals surface area contributed by atoms with Crippen LogP contribution < -0.4 is 19.9 Å². The molecule has 0 aliphatic carbocycles. The lowest BCUT2D eigenvalue weighted by Gasteiger charge is -2.12. The van der Waals surface area contributed by atoms with E-state index in [-0.39, 0.29) is 5.75 Å². The molecule has 0 aliphatic rings. The van der Waals surface area contributed by atoms with Crippen molar-refractivity contribution in [2.75, 3.05) is 26.5 Å². The summed E-state index contributed by atoms with van der Waals surface area (Å²) < 4.78 is 32.8. The zero-order valence-corrected chi connectivity index (χ0v) is 13.9. The Hall–Kier alpha value is -0.830. The Balaban J connectivity index is 2.54. The third-order valence-corrected chi connectivity index (χ3v) is 4.05. The number of nitrogens with one attached hydrogen (secondary N) is 1. The quantitative estimate of drug-likeness (QED) is 0.675. The van der Waals surface area contributed by atoms with Gasteiger partial charge < -0.3 is 14.8 Å². The second-order valence-corrected chi connectivity index (χ2v) is 6.80. The van der Waals surface area contributed by atoms with Crippen LogP contribution in [0.3, 0.4) is 0 Å². The zero-order chi connectivity index (χ0) is 15.2. The molecule has 0 atom stereocenters. The maximum atomic E-state index is 10.8. The van der Waals surface area contributed by atoms with Gasteiger partial charge in [-0.1, -0.05) is 0 Å². The molecular weight excluding hydrogens is 348 g/mol. The van der Waals surface area contributed by atoms with E-state index in [1.165, 1.54) is 0 Å². The Bertz CT molecular complexity index is 549. The Labute approximate surface area is 127 Å². The molecule has 0 aliphatic heterocycles. The van der Waals surface area contributed by atoms with Crippen LogP contribution in [0, 0.1) is 0 Å². The number of primary sulfonamides is 1. The molecule has 0 heterocycles. The predicted octanol–water partition coefficient (Wildman–Crippen LogP) is 1.23. The minimum absolute atomic E-state index is 0.0182. The second kappa shape index (κ2) is 7.82. The minimum atomic E-state index is -3.38. The highest BCUT2D eigenvalue weighted by Crippen LogP contribution is 2.36. The van der Waals surface area contributed by atoms with Crippen molar-refractivity contribution in [1.29, 1.82) is 0 Å². The average molecular weight is 367 g/mol. The fourth-order valence-electron chi connectivity index (χ4n) is 1.70. The van der Waals surface area contributed by atoms with Gasteiger partial charge in [0.15, 0.2) is 11.5 Å². The molecule has 0 aromatic heterocycles. The van der Waals surface area contributed by atoms with E-state index < -0.39 is 10.0 Å². The average Bonchev–Trinajstić information content (AvgIpc) is 2.36. The van der Waals surface area contributed by atoms with Crippen molar-refractivity contribution in [2.45, 2.75) is 13.0 Å². The van der Waals surface area contributed by atoms with Crippen molar-refractivity contribution in [1.82, 2.24) is 5.32 Å². The predicted molar refractivity (Wildman–Crippen MR) is 81.5 cm³/mol. The van der Waals surface area contributed by atoms with E-state index in [9.17, 15) is 8.42 Å². The first-order valence-electron chi connectivity index (χ1n) is 5.99. The molecule has 1 aromatic rings. The lowest BCUT2D eigenvalue weighted by Crippen LogP contribution is -2.22. The van der Waals surface area contributed by atoms with Crippen LogP contribution >= 0.6 is 15.9 Å². The molecule has 20 heavy (non-hydrogen) atoms. The standard InChI is InChI=1S/C12H19BrN2O4S/c1-18-11-7-9(6-10(13)12(11)19-2)8-15-4-3-5-20(14,16)17/h6-7,15H,3-5,8H2,1-2H3,(H2,14,16,17). The molecule has 114 valence electrons. The minimum Gasteiger partial charge on any atom is -0.493 e. The van der Waals surface area contributed by atoms with Crippen molar-refractivity contribution in [3.63, 3.8) is 0 Å². The number of hydrogen-bond donors (Lipinski definition) is 2. The van der Waals surface area contributed by atoms with Crippen LogP contribution in [0.1, 0.15) is 12.0 Å². The molecule has 6 nitrogen and oxygen atoms in total. The largest absolute Gasteiger partial charge is 0.493 e. The summed E-state index contributed by atoms with van der Waals surface area (Å²) in [7, 11) is -0.225. The van der Waals surface area contributed by atoms with Crippen LogP contribution in [0.25, 0.3) is 0 Å². The lowest BCUT2D eigenvalue weighted by atomic mass is 10.2. The summed E-state index contributed by atoms with van der Waals surface area (Å²) in [4.78, 5) is 0. The number of sulfonamides is 1. The van der Waals surface area contributed by atoms with Gasteiger partial charge >= 0.3 is 0 Å². The highest BCUT2D eigenvalue weighted by Gasteiger charge is 2.10. The summed E-state index contributed by atoms with van der Waals surface area (Å²) in [5, 5.41) is 8.08. The van der Waals surface area contributed by atoms with Gasteiger partial charge in [0.1, 0.15) is 0 Å². The van der Waals surface area contributed by atoms with Crippen molar-refractivity contribution in [3.05, 3.63) is 22.2 Å². The van der Waals surface area contributed by atoms with Crippen LogP contribution in [0.2, 0.25) is 0 Å². The molecule has 8 heteroatoms. The van der Waals surface area contributed by atoms with Gasteiger partial charge in [0.05, 0.1) is 24.4 Å². The highest BCUT2D eigenvalue weighted by molar-refractivity contribution is 9.10. The SMILES string of the molecule is COc1cc(CNCCCS(N)(=O)=O)cc(Br)c1OC. The highest BCUT2D eigenvalue weighted by atomic mass is 79.9. The second-order valence-electron chi connectivity index (χ2n) is 4.21. The van der Waals surface area contributed by atoms with Gasteiger partial charge in [-0.15, -0.1) is 0 Å². The number of nitrogens with two attached hydrogens (primary N) is 1. The molecule has 0 unspecified atom stereocenters. The monoisotopic (exact) mass is 366 g/mol. The summed E-state index contributed by atoms with van der Waals surface area (Å²) in [6, 6.07) is 3.80. The van der Waals surface area contributed by atoms with Gasteiger partial charge in [0, 0.05) is 6.54 Å².